The molecular weight excluding hydrogens is 274 g/mol. The van der Waals surface area contributed by atoms with Crippen molar-refractivity contribution < 1.29 is 9.90 Å². The molecule has 3 rings (SSSR count). The maximum absolute atomic E-state index is 11.4. The first-order valence-electron chi connectivity index (χ1n) is 6.50. The second kappa shape index (κ2) is 5.17. The quantitative estimate of drug-likeness (QED) is 0.917. The fourth-order valence-electron chi connectivity index (χ4n) is 2.66. The van der Waals surface area contributed by atoms with Crippen LogP contribution in [0.25, 0.3) is 0 Å². The Kier molecular flexibility index (Phi) is 3.36. The van der Waals surface area contributed by atoms with Crippen molar-refractivity contribution in [2.45, 2.75) is 13.0 Å². The fourth-order valence-corrected chi connectivity index (χ4v) is 2.83. The normalized spacial score (nSPS) is 13.9. The van der Waals surface area contributed by atoms with Crippen molar-refractivity contribution >= 4 is 23.3 Å². The summed E-state index contributed by atoms with van der Waals surface area (Å²) in [6.07, 6.45) is 0.928. The fraction of sp³-hybridized carbons (Fsp3) is 0.188. The highest BCUT2D eigenvalue weighted by molar-refractivity contribution is 6.31. The summed E-state index contributed by atoms with van der Waals surface area (Å²) in [6.45, 7) is 1.55. The molecule has 0 saturated carbocycles. The summed E-state index contributed by atoms with van der Waals surface area (Å²) in [7, 11) is 0. The number of hydrogen-bond acceptors (Lipinski definition) is 2. The Hall–Kier alpha value is -2.00. The minimum absolute atomic E-state index is 0.261. The Bertz CT molecular complexity index is 669. The van der Waals surface area contributed by atoms with E-state index in [0.29, 0.717) is 5.02 Å². The molecule has 2 aromatic rings. The van der Waals surface area contributed by atoms with Crippen molar-refractivity contribution in [2.24, 2.45) is 0 Å². The molecule has 0 amide bonds. The van der Waals surface area contributed by atoms with E-state index in [0.717, 1.165) is 25.2 Å². The van der Waals surface area contributed by atoms with E-state index in [4.69, 9.17) is 11.6 Å². The van der Waals surface area contributed by atoms with E-state index in [9.17, 15) is 9.90 Å². The van der Waals surface area contributed by atoms with Gasteiger partial charge in [-0.1, -0.05) is 35.9 Å². The molecule has 0 bridgehead atoms. The first-order valence-corrected chi connectivity index (χ1v) is 6.87. The van der Waals surface area contributed by atoms with Crippen molar-refractivity contribution in [2.75, 3.05) is 11.4 Å². The lowest BCUT2D eigenvalue weighted by atomic mass is 9.99. The molecule has 0 spiro atoms. The van der Waals surface area contributed by atoms with Crippen molar-refractivity contribution in [3.63, 3.8) is 0 Å². The number of carbonyl (C=O) groups is 1. The number of rotatable bonds is 2. The van der Waals surface area contributed by atoms with Crippen LogP contribution in [0.2, 0.25) is 5.02 Å². The van der Waals surface area contributed by atoms with Gasteiger partial charge in [0.15, 0.2) is 0 Å². The molecule has 4 heteroatoms. The Morgan fingerprint density at radius 1 is 1.15 bits per heavy atom. The number of fused-ring (bicyclic) bond motifs is 1. The molecular formula is C16H14ClNO2. The first kappa shape index (κ1) is 13.0. The van der Waals surface area contributed by atoms with E-state index in [1.807, 2.05) is 12.1 Å². The minimum Gasteiger partial charge on any atom is -0.478 e. The third-order valence-corrected chi connectivity index (χ3v) is 3.90. The maximum Gasteiger partial charge on any atom is 0.337 e. The summed E-state index contributed by atoms with van der Waals surface area (Å²) in [4.78, 5) is 13.5. The lowest BCUT2D eigenvalue weighted by Gasteiger charge is -2.31. The van der Waals surface area contributed by atoms with Gasteiger partial charge in [0.05, 0.1) is 11.3 Å². The molecule has 0 unspecified atom stereocenters. The van der Waals surface area contributed by atoms with Crippen LogP contribution in [-0.4, -0.2) is 17.6 Å². The number of carboxylic acid groups (broad SMARTS) is 1. The maximum atomic E-state index is 11.4. The van der Waals surface area contributed by atoms with Crippen LogP contribution in [0.15, 0.2) is 42.5 Å². The van der Waals surface area contributed by atoms with Gasteiger partial charge in [-0.15, -0.1) is 0 Å². The van der Waals surface area contributed by atoms with Crippen LogP contribution in [0, 0.1) is 0 Å². The monoisotopic (exact) mass is 287 g/mol. The predicted molar refractivity (Wildman–Crippen MR) is 79.6 cm³/mol. The first-order chi connectivity index (χ1) is 9.65. The van der Waals surface area contributed by atoms with Crippen LogP contribution in [-0.2, 0) is 13.0 Å². The molecule has 20 heavy (non-hydrogen) atoms. The van der Waals surface area contributed by atoms with Crippen LogP contribution in [0.1, 0.15) is 21.5 Å². The second-order valence-corrected chi connectivity index (χ2v) is 5.34. The molecule has 3 nitrogen and oxygen atoms in total. The van der Waals surface area contributed by atoms with Gasteiger partial charge in [0.1, 0.15) is 0 Å². The molecule has 0 saturated heterocycles. The molecule has 0 radical (unpaired) electrons. The molecule has 0 aromatic heterocycles. The minimum atomic E-state index is -0.943. The number of benzene rings is 2. The van der Waals surface area contributed by atoms with Crippen molar-refractivity contribution in [3.8, 4) is 0 Å². The highest BCUT2D eigenvalue weighted by Gasteiger charge is 2.21. The Labute approximate surface area is 122 Å². The van der Waals surface area contributed by atoms with Gasteiger partial charge in [0.2, 0.25) is 0 Å². The SMILES string of the molecule is O=C(O)c1cc(Cl)ccc1N1CCc2ccccc2C1. The zero-order valence-corrected chi connectivity index (χ0v) is 11.6. The number of halogens is 1. The number of anilines is 1. The van der Waals surface area contributed by atoms with Crippen molar-refractivity contribution in [3.05, 3.63) is 64.2 Å². The van der Waals surface area contributed by atoms with E-state index in [-0.39, 0.29) is 5.56 Å². The summed E-state index contributed by atoms with van der Waals surface area (Å²) >= 11 is 5.90. The number of carboxylic acids is 1. The van der Waals surface area contributed by atoms with E-state index < -0.39 is 5.97 Å². The molecule has 1 N–H and O–H groups in total. The number of hydrogen-bond donors (Lipinski definition) is 1. The van der Waals surface area contributed by atoms with Gasteiger partial charge in [-0.3, -0.25) is 0 Å². The van der Waals surface area contributed by atoms with E-state index in [2.05, 4.69) is 17.0 Å². The standard InChI is InChI=1S/C16H14ClNO2/c17-13-5-6-15(14(9-13)16(19)20)18-8-7-11-3-1-2-4-12(11)10-18/h1-6,9H,7-8,10H2,(H,19,20). The molecule has 0 atom stereocenters. The molecule has 0 fully saturated rings. The van der Waals surface area contributed by atoms with Crippen LogP contribution >= 0.6 is 11.6 Å². The molecule has 1 heterocycles. The highest BCUT2D eigenvalue weighted by atomic mass is 35.5. The molecule has 2 aromatic carbocycles. The smallest absolute Gasteiger partial charge is 0.337 e. The van der Waals surface area contributed by atoms with Gasteiger partial charge in [0.25, 0.3) is 0 Å². The van der Waals surface area contributed by atoms with Crippen molar-refractivity contribution in [1.29, 1.82) is 0 Å². The van der Waals surface area contributed by atoms with Gasteiger partial charge < -0.3 is 10.0 Å². The Morgan fingerprint density at radius 2 is 1.90 bits per heavy atom. The zero-order chi connectivity index (χ0) is 14.1. The van der Waals surface area contributed by atoms with Crippen LogP contribution in [0.5, 0.6) is 0 Å². The largest absolute Gasteiger partial charge is 0.478 e. The summed E-state index contributed by atoms with van der Waals surface area (Å²) < 4.78 is 0. The van der Waals surface area contributed by atoms with Gasteiger partial charge >= 0.3 is 5.97 Å². The average Bonchev–Trinajstić information content (AvgIpc) is 2.46. The Morgan fingerprint density at radius 3 is 2.65 bits per heavy atom. The van der Waals surface area contributed by atoms with Crippen LogP contribution in [0.3, 0.4) is 0 Å². The second-order valence-electron chi connectivity index (χ2n) is 4.91. The van der Waals surface area contributed by atoms with Crippen molar-refractivity contribution in [1.82, 2.24) is 0 Å². The van der Waals surface area contributed by atoms with E-state index >= 15 is 0 Å². The number of nitrogens with zero attached hydrogens (tertiary/aromatic N) is 1. The van der Waals surface area contributed by atoms with Gasteiger partial charge in [-0.2, -0.15) is 0 Å². The molecule has 0 aliphatic carbocycles. The third kappa shape index (κ3) is 2.37. The summed E-state index contributed by atoms with van der Waals surface area (Å²) in [5, 5.41) is 9.78. The summed E-state index contributed by atoms with van der Waals surface area (Å²) in [5.41, 5.74) is 3.59. The topological polar surface area (TPSA) is 40.5 Å². The number of aromatic carboxylic acids is 1. The van der Waals surface area contributed by atoms with E-state index in [1.165, 1.54) is 17.2 Å². The lowest BCUT2D eigenvalue weighted by Crippen LogP contribution is -2.31. The molecule has 102 valence electrons. The zero-order valence-electron chi connectivity index (χ0n) is 10.8. The predicted octanol–water partition coefficient (Wildman–Crippen LogP) is 3.60. The van der Waals surface area contributed by atoms with Gasteiger partial charge in [0, 0.05) is 18.1 Å². The van der Waals surface area contributed by atoms with Gasteiger partial charge in [-0.05, 0) is 35.7 Å². The highest BCUT2D eigenvalue weighted by Crippen LogP contribution is 2.29. The third-order valence-electron chi connectivity index (χ3n) is 3.66. The molecule has 1 aliphatic rings. The molecule has 1 aliphatic heterocycles. The summed E-state index contributed by atoms with van der Waals surface area (Å²) in [6, 6.07) is 13.3. The van der Waals surface area contributed by atoms with E-state index in [1.54, 1.807) is 12.1 Å². The van der Waals surface area contributed by atoms with Crippen LogP contribution < -0.4 is 4.90 Å². The van der Waals surface area contributed by atoms with Gasteiger partial charge in [-0.25, -0.2) is 4.79 Å². The Balaban J connectivity index is 1.97. The average molecular weight is 288 g/mol. The summed E-state index contributed by atoms with van der Waals surface area (Å²) in [5.74, 6) is -0.943. The van der Waals surface area contributed by atoms with Crippen LogP contribution in [0.4, 0.5) is 5.69 Å². The lowest BCUT2D eigenvalue weighted by molar-refractivity contribution is 0.0697.